The fourth-order valence-electron chi connectivity index (χ4n) is 7.74. The van der Waals surface area contributed by atoms with Crippen molar-refractivity contribution in [1.82, 2.24) is 5.32 Å². The first kappa shape index (κ1) is 68.2. The van der Waals surface area contributed by atoms with Gasteiger partial charge in [-0.25, -0.2) is 4.57 Å². The molecule has 0 saturated heterocycles. The lowest BCUT2D eigenvalue weighted by Gasteiger charge is -2.25. The van der Waals surface area contributed by atoms with Gasteiger partial charge >= 0.3 is 7.82 Å². The number of phosphoric acid groups is 1. The topological polar surface area (TPSA) is 105 Å². The Morgan fingerprint density at radius 1 is 0.493 bits per heavy atom. The maximum atomic E-state index is 13.0. The van der Waals surface area contributed by atoms with Crippen LogP contribution in [0.25, 0.3) is 0 Å². The minimum absolute atomic E-state index is 0.0432. The molecule has 0 fully saturated rings. The molecule has 0 spiro atoms. The highest BCUT2D eigenvalue weighted by molar-refractivity contribution is 7.47. The molecule has 9 heteroatoms. The summed E-state index contributed by atoms with van der Waals surface area (Å²) in [7, 11) is 1.52. The third-order valence-electron chi connectivity index (χ3n) is 12.2. The van der Waals surface area contributed by atoms with Gasteiger partial charge in [-0.15, -0.1) is 0 Å². The van der Waals surface area contributed by atoms with E-state index in [0.717, 1.165) is 83.5 Å². The molecule has 0 aromatic rings. The first-order valence-electron chi connectivity index (χ1n) is 28.8. The molecule has 0 aliphatic rings. The van der Waals surface area contributed by atoms with Gasteiger partial charge in [0.05, 0.1) is 39.9 Å². The lowest BCUT2D eigenvalue weighted by atomic mass is 10.0. The Kier molecular flexibility index (Phi) is 50.0. The molecule has 1 amide bonds. The van der Waals surface area contributed by atoms with Crippen LogP contribution in [-0.4, -0.2) is 73.4 Å². The number of hydrogen-bond acceptors (Lipinski definition) is 5. The summed E-state index contributed by atoms with van der Waals surface area (Å²) in [6, 6.07) is -0.890. The summed E-state index contributed by atoms with van der Waals surface area (Å²) in [4.78, 5) is 23.3. The van der Waals surface area contributed by atoms with E-state index in [1.165, 1.54) is 116 Å². The second kappa shape index (κ2) is 52.0. The Balaban J connectivity index is 4.38. The smallest absolute Gasteiger partial charge is 0.387 e. The summed E-state index contributed by atoms with van der Waals surface area (Å²) in [5, 5.41) is 13.9. The number of amides is 1. The zero-order chi connectivity index (χ0) is 52.0. The maximum Gasteiger partial charge on any atom is 0.472 e. The summed E-state index contributed by atoms with van der Waals surface area (Å²) in [5.74, 6) is -0.222. The van der Waals surface area contributed by atoms with Gasteiger partial charge in [0.2, 0.25) is 5.91 Å². The van der Waals surface area contributed by atoms with E-state index >= 15 is 0 Å². The van der Waals surface area contributed by atoms with Crippen molar-refractivity contribution in [2.75, 3.05) is 40.9 Å². The summed E-state index contributed by atoms with van der Waals surface area (Å²) < 4.78 is 23.7. The molecule has 0 bridgehead atoms. The van der Waals surface area contributed by atoms with Crippen molar-refractivity contribution in [1.29, 1.82) is 0 Å². The molecule has 0 rings (SSSR count). The number of allylic oxidation sites excluding steroid dienone is 17. The molecule has 0 aliphatic heterocycles. The summed E-state index contributed by atoms with van der Waals surface area (Å²) in [6.07, 6.45) is 76.2. The fourth-order valence-corrected chi connectivity index (χ4v) is 8.48. The third kappa shape index (κ3) is 54.8. The van der Waals surface area contributed by atoms with Crippen LogP contribution in [-0.2, 0) is 18.4 Å². The largest absolute Gasteiger partial charge is 0.472 e. The van der Waals surface area contributed by atoms with Crippen LogP contribution in [0.15, 0.2) is 109 Å². The summed E-state index contributed by atoms with van der Waals surface area (Å²) in [5.41, 5.74) is 0. The SMILES string of the molecule is CC/C=C\C/C=C\C/C=C\C/C=C\C/C=C\C/C=C\C/C=C\CCCCCC(=O)NC(COP(=O)(O)OCC[N+](C)(C)C)C(O)/C=C/CC/C=C/CCCCCCCCCCCCCCCCCCCC. The molecule has 3 N–H and O–H groups in total. The zero-order valence-electron chi connectivity index (χ0n) is 46.4. The number of quaternary nitrogens is 1. The van der Waals surface area contributed by atoms with Crippen LogP contribution in [0.5, 0.6) is 0 Å². The average molecular weight is 1010 g/mol. The number of carbonyl (C=O) groups excluding carboxylic acids is 1. The predicted octanol–water partition coefficient (Wildman–Crippen LogP) is 17.6. The van der Waals surface area contributed by atoms with E-state index in [9.17, 15) is 19.4 Å². The fraction of sp³-hybridized carbons (Fsp3) is 0.694. The first-order valence-corrected chi connectivity index (χ1v) is 30.3. The highest BCUT2D eigenvalue weighted by Crippen LogP contribution is 2.43. The third-order valence-corrected chi connectivity index (χ3v) is 13.2. The molecule has 0 saturated carbocycles. The molecule has 8 nitrogen and oxygen atoms in total. The van der Waals surface area contributed by atoms with Crippen LogP contribution >= 0.6 is 7.82 Å². The number of aliphatic hydroxyl groups excluding tert-OH is 1. The quantitative estimate of drug-likeness (QED) is 0.0243. The maximum absolute atomic E-state index is 13.0. The van der Waals surface area contributed by atoms with Gasteiger partial charge in [0.1, 0.15) is 13.2 Å². The Labute approximate surface area is 438 Å². The summed E-state index contributed by atoms with van der Waals surface area (Å²) >= 11 is 0. The standard InChI is InChI=1S/C62H109N2O6P/c1-6-8-10-12-14-16-18-20-22-24-26-28-30-32-34-36-38-40-42-44-46-48-50-52-54-56-62(66)63-60(59-70-71(67,68)69-58-57-64(3,4)5)61(65)55-53-51-49-47-45-43-41-39-37-35-33-31-29-27-25-23-21-19-17-15-13-11-9-7-2/h8,10,14,16,20,22,26,28,32,34,38,40,44-47,53,55,60-61,65H,6-7,9,11-13,15,17-19,21,23-25,27,29-31,33,35-37,39,41-43,48-52,54,56-59H2,1-5H3,(H-,63,66,67,68)/p+1/b10-8-,16-14-,22-20-,28-26-,34-32-,40-38-,46-44-,47-45+,55-53+. The normalized spacial score (nSPS) is 14.7. The first-order chi connectivity index (χ1) is 34.5. The molecule has 0 radical (unpaired) electrons. The van der Waals surface area contributed by atoms with Crippen LogP contribution < -0.4 is 5.32 Å². The van der Waals surface area contributed by atoms with E-state index in [1.807, 2.05) is 27.2 Å². The van der Waals surface area contributed by atoms with Gasteiger partial charge in [0.25, 0.3) is 0 Å². The van der Waals surface area contributed by atoms with Gasteiger partial charge in [-0.05, 0) is 89.9 Å². The molecule has 0 aromatic carbocycles. The highest BCUT2D eigenvalue weighted by atomic mass is 31.2. The van der Waals surface area contributed by atoms with E-state index in [2.05, 4.69) is 116 Å². The van der Waals surface area contributed by atoms with Crippen molar-refractivity contribution in [3.63, 3.8) is 0 Å². The number of nitrogens with one attached hydrogen (secondary N) is 1. The molecule has 0 aromatic heterocycles. The Morgan fingerprint density at radius 3 is 1.30 bits per heavy atom. The molecule has 408 valence electrons. The Bertz CT molecular complexity index is 1520. The van der Waals surface area contributed by atoms with E-state index < -0.39 is 20.0 Å². The molecule has 0 heterocycles. The number of phosphoric ester groups is 1. The number of nitrogens with zero attached hydrogens (tertiary/aromatic N) is 1. The van der Waals surface area contributed by atoms with E-state index in [-0.39, 0.29) is 19.1 Å². The molecule has 0 aliphatic carbocycles. The van der Waals surface area contributed by atoms with Crippen molar-refractivity contribution in [2.45, 2.75) is 238 Å². The molecule has 71 heavy (non-hydrogen) atoms. The van der Waals surface area contributed by atoms with Gasteiger partial charge in [0.15, 0.2) is 0 Å². The number of aliphatic hydroxyl groups is 1. The second-order valence-electron chi connectivity index (χ2n) is 20.3. The Hall–Kier alpha value is -2.84. The summed E-state index contributed by atoms with van der Waals surface area (Å²) in [6.45, 7) is 4.65. The zero-order valence-corrected chi connectivity index (χ0v) is 47.3. The average Bonchev–Trinajstić information content (AvgIpc) is 3.33. The predicted molar refractivity (Wildman–Crippen MR) is 309 cm³/mol. The van der Waals surface area contributed by atoms with Crippen molar-refractivity contribution >= 4 is 13.7 Å². The van der Waals surface area contributed by atoms with Crippen molar-refractivity contribution in [3.8, 4) is 0 Å². The number of rotatable bonds is 51. The van der Waals surface area contributed by atoms with Crippen LogP contribution in [0.3, 0.4) is 0 Å². The molecular weight excluding hydrogens is 900 g/mol. The van der Waals surface area contributed by atoms with Crippen LogP contribution in [0, 0.1) is 0 Å². The van der Waals surface area contributed by atoms with Crippen molar-refractivity contribution in [3.05, 3.63) is 109 Å². The Morgan fingerprint density at radius 2 is 0.859 bits per heavy atom. The van der Waals surface area contributed by atoms with Crippen LogP contribution in [0.1, 0.15) is 226 Å². The monoisotopic (exact) mass is 1010 g/mol. The number of hydrogen-bond donors (Lipinski definition) is 3. The highest BCUT2D eigenvalue weighted by Gasteiger charge is 2.27. The van der Waals surface area contributed by atoms with E-state index in [1.54, 1.807) is 6.08 Å². The molecular formula is C62H110N2O6P+. The second-order valence-corrected chi connectivity index (χ2v) is 21.7. The minimum Gasteiger partial charge on any atom is -0.387 e. The van der Waals surface area contributed by atoms with E-state index in [4.69, 9.17) is 9.05 Å². The van der Waals surface area contributed by atoms with Gasteiger partial charge in [-0.3, -0.25) is 13.8 Å². The van der Waals surface area contributed by atoms with Crippen LogP contribution in [0.4, 0.5) is 0 Å². The van der Waals surface area contributed by atoms with Gasteiger partial charge < -0.3 is 19.8 Å². The number of unbranched alkanes of at least 4 members (excludes halogenated alkanes) is 22. The molecule has 3 unspecified atom stereocenters. The van der Waals surface area contributed by atoms with Crippen molar-refractivity contribution in [2.24, 2.45) is 0 Å². The lowest BCUT2D eigenvalue weighted by molar-refractivity contribution is -0.870. The molecule has 3 atom stereocenters. The minimum atomic E-state index is -4.37. The number of carbonyl (C=O) groups is 1. The van der Waals surface area contributed by atoms with Gasteiger partial charge in [-0.1, -0.05) is 239 Å². The van der Waals surface area contributed by atoms with Crippen molar-refractivity contribution < 1.29 is 32.9 Å². The van der Waals surface area contributed by atoms with Gasteiger partial charge in [-0.2, -0.15) is 0 Å². The van der Waals surface area contributed by atoms with Crippen LogP contribution in [0.2, 0.25) is 0 Å². The van der Waals surface area contributed by atoms with Gasteiger partial charge in [0, 0.05) is 6.42 Å². The number of likely N-dealkylation sites (N-methyl/N-ethyl adjacent to an activating group) is 1. The van der Waals surface area contributed by atoms with E-state index in [0.29, 0.717) is 23.9 Å². The lowest BCUT2D eigenvalue weighted by Crippen LogP contribution is -2.45.